The first kappa shape index (κ1) is 14.2. The van der Waals surface area contributed by atoms with Gasteiger partial charge in [-0.2, -0.15) is 0 Å². The summed E-state index contributed by atoms with van der Waals surface area (Å²) < 4.78 is 4.11. The van der Waals surface area contributed by atoms with Gasteiger partial charge in [0.15, 0.2) is 0 Å². The van der Waals surface area contributed by atoms with Gasteiger partial charge in [0, 0.05) is 6.92 Å². The van der Waals surface area contributed by atoms with Gasteiger partial charge < -0.3 is 4.74 Å². The van der Waals surface area contributed by atoms with Gasteiger partial charge >= 0.3 is 5.97 Å². The first-order valence-electron chi connectivity index (χ1n) is 5.51. The molecular weight excluding hydrogens is 188 g/mol. The highest BCUT2D eigenvalue weighted by atomic mass is 16.5. The predicted octanol–water partition coefficient (Wildman–Crippen LogP) is 3.57. The van der Waals surface area contributed by atoms with Gasteiger partial charge in [0.2, 0.25) is 0 Å². The lowest BCUT2D eigenvalue weighted by Crippen LogP contribution is -2.23. The number of allylic oxidation sites excluding steroid dienone is 2. The van der Waals surface area contributed by atoms with Crippen LogP contribution in [-0.4, -0.2) is 13.1 Å². The zero-order valence-corrected chi connectivity index (χ0v) is 10.9. The normalized spacial score (nSPS) is 23.3. The van der Waals surface area contributed by atoms with E-state index in [1.54, 1.807) is 5.57 Å². The molecule has 0 amide bonds. The fraction of sp³-hybridized carbons (Fsp3) is 0.769. The van der Waals surface area contributed by atoms with Crippen molar-refractivity contribution < 1.29 is 9.53 Å². The van der Waals surface area contributed by atoms with E-state index in [2.05, 4.69) is 38.5 Å². The van der Waals surface area contributed by atoms with Crippen molar-refractivity contribution in [2.75, 3.05) is 7.11 Å². The Kier molecular flexibility index (Phi) is 5.63. The van der Waals surface area contributed by atoms with E-state index in [-0.39, 0.29) is 5.97 Å². The van der Waals surface area contributed by atoms with E-state index in [0.29, 0.717) is 5.41 Å². The molecule has 0 aromatic carbocycles. The highest BCUT2D eigenvalue weighted by molar-refractivity contribution is 5.65. The second kappa shape index (κ2) is 5.94. The quantitative estimate of drug-likeness (QED) is 0.453. The summed E-state index contributed by atoms with van der Waals surface area (Å²) in [7, 11) is 1.35. The number of ether oxygens (including phenoxy) is 1. The zero-order chi connectivity index (χ0) is 12.1. The largest absolute Gasteiger partial charge is 0.469 e. The van der Waals surface area contributed by atoms with E-state index >= 15 is 0 Å². The molecule has 88 valence electrons. The van der Waals surface area contributed by atoms with Gasteiger partial charge in [0.25, 0.3) is 0 Å². The molecule has 0 fully saturated rings. The molecule has 0 saturated carbocycles. The molecule has 1 aliphatic rings. The molecule has 2 nitrogen and oxygen atoms in total. The van der Waals surface area contributed by atoms with E-state index in [9.17, 15) is 4.79 Å². The Morgan fingerprint density at radius 3 is 2.27 bits per heavy atom. The molecule has 2 heteroatoms. The highest BCUT2D eigenvalue weighted by Gasteiger charge is 2.26. The molecule has 0 heterocycles. The summed E-state index contributed by atoms with van der Waals surface area (Å²) in [6.45, 7) is 10.6. The van der Waals surface area contributed by atoms with E-state index in [4.69, 9.17) is 0 Å². The molecular formula is C13H24O2. The van der Waals surface area contributed by atoms with Crippen molar-refractivity contribution in [3.05, 3.63) is 11.6 Å². The van der Waals surface area contributed by atoms with Gasteiger partial charge in [-0.15, -0.1) is 0 Å². The minimum atomic E-state index is -0.245. The second-order valence-corrected chi connectivity index (χ2v) is 4.99. The smallest absolute Gasteiger partial charge is 0.302 e. The van der Waals surface area contributed by atoms with Crippen LogP contribution >= 0.6 is 0 Å². The molecule has 0 saturated heterocycles. The average Bonchev–Trinajstić information content (AvgIpc) is 2.14. The van der Waals surface area contributed by atoms with Crippen LogP contribution in [0.25, 0.3) is 0 Å². The lowest BCUT2D eigenvalue weighted by molar-refractivity contribution is -0.137. The third kappa shape index (κ3) is 5.60. The van der Waals surface area contributed by atoms with Gasteiger partial charge in [-0.3, -0.25) is 4.79 Å². The molecule has 0 aromatic rings. The average molecular weight is 212 g/mol. The first-order chi connectivity index (χ1) is 6.79. The van der Waals surface area contributed by atoms with Crippen LogP contribution in [0.1, 0.15) is 47.5 Å². The molecule has 0 bridgehead atoms. The Morgan fingerprint density at radius 1 is 1.53 bits per heavy atom. The topological polar surface area (TPSA) is 26.3 Å². The lowest BCUT2D eigenvalue weighted by atomic mass is 9.71. The molecule has 1 rings (SSSR count). The monoisotopic (exact) mass is 212 g/mol. The molecule has 0 radical (unpaired) electrons. The van der Waals surface area contributed by atoms with Crippen molar-refractivity contribution in [1.29, 1.82) is 0 Å². The molecule has 1 unspecified atom stereocenters. The SMILES string of the molecule is CC1=CC(C)C(C)(C)CC1.COC(C)=O. The van der Waals surface area contributed by atoms with E-state index in [0.717, 1.165) is 5.92 Å². The zero-order valence-electron chi connectivity index (χ0n) is 10.9. The van der Waals surface area contributed by atoms with Crippen LogP contribution < -0.4 is 0 Å². The summed E-state index contributed by atoms with van der Waals surface area (Å²) >= 11 is 0. The number of carbonyl (C=O) groups excluding carboxylic acids is 1. The lowest BCUT2D eigenvalue weighted by Gasteiger charge is -2.34. The van der Waals surface area contributed by atoms with Crippen molar-refractivity contribution in [1.82, 2.24) is 0 Å². The summed E-state index contributed by atoms with van der Waals surface area (Å²) in [6, 6.07) is 0. The third-order valence-corrected chi connectivity index (χ3v) is 3.22. The van der Waals surface area contributed by atoms with Crippen molar-refractivity contribution in [2.24, 2.45) is 11.3 Å². The van der Waals surface area contributed by atoms with Crippen LogP contribution in [0.5, 0.6) is 0 Å². The summed E-state index contributed by atoms with van der Waals surface area (Å²) in [4.78, 5) is 9.59. The van der Waals surface area contributed by atoms with Gasteiger partial charge in [0.05, 0.1) is 7.11 Å². The van der Waals surface area contributed by atoms with Crippen LogP contribution in [0.3, 0.4) is 0 Å². The second-order valence-electron chi connectivity index (χ2n) is 4.99. The van der Waals surface area contributed by atoms with Crippen LogP contribution in [0, 0.1) is 11.3 Å². The summed E-state index contributed by atoms with van der Waals surface area (Å²) in [5.74, 6) is 0.520. The Hall–Kier alpha value is -0.790. The molecule has 0 N–H and O–H groups in total. The van der Waals surface area contributed by atoms with Crippen LogP contribution in [0.15, 0.2) is 11.6 Å². The summed E-state index contributed by atoms with van der Waals surface area (Å²) in [6.07, 6.45) is 5.08. The molecule has 1 aliphatic carbocycles. The van der Waals surface area contributed by atoms with E-state index in [1.807, 2.05) is 0 Å². The predicted molar refractivity (Wildman–Crippen MR) is 63.6 cm³/mol. The highest BCUT2D eigenvalue weighted by Crippen LogP contribution is 2.38. The van der Waals surface area contributed by atoms with E-state index < -0.39 is 0 Å². The van der Waals surface area contributed by atoms with Crippen LogP contribution in [0.4, 0.5) is 0 Å². The maximum Gasteiger partial charge on any atom is 0.302 e. The van der Waals surface area contributed by atoms with Crippen molar-refractivity contribution in [2.45, 2.75) is 47.5 Å². The summed E-state index contributed by atoms with van der Waals surface area (Å²) in [5, 5.41) is 0. The number of methoxy groups -OCH3 is 1. The number of carbonyl (C=O) groups is 1. The van der Waals surface area contributed by atoms with Gasteiger partial charge in [-0.05, 0) is 31.1 Å². The third-order valence-electron chi connectivity index (χ3n) is 3.22. The molecule has 0 aromatic heterocycles. The minimum Gasteiger partial charge on any atom is -0.469 e. The standard InChI is InChI=1S/C10H18.C3H6O2/c1-8-5-6-10(3,4)9(2)7-8;1-3(4)5-2/h7,9H,5-6H2,1-4H3;1-2H3. The maximum atomic E-state index is 9.59. The minimum absolute atomic E-state index is 0.245. The van der Waals surface area contributed by atoms with Crippen molar-refractivity contribution >= 4 is 5.97 Å². The Morgan fingerprint density at radius 2 is 2.00 bits per heavy atom. The van der Waals surface area contributed by atoms with Gasteiger partial charge in [0.1, 0.15) is 0 Å². The molecule has 0 aliphatic heterocycles. The fourth-order valence-electron chi connectivity index (χ4n) is 1.48. The number of hydrogen-bond acceptors (Lipinski definition) is 2. The van der Waals surface area contributed by atoms with Gasteiger partial charge in [-0.1, -0.05) is 32.4 Å². The molecule has 1 atom stereocenters. The fourth-order valence-corrected chi connectivity index (χ4v) is 1.48. The molecule has 15 heavy (non-hydrogen) atoms. The van der Waals surface area contributed by atoms with Crippen LogP contribution in [0.2, 0.25) is 0 Å². The Labute approximate surface area is 93.7 Å². The number of esters is 1. The van der Waals surface area contributed by atoms with Crippen molar-refractivity contribution in [3.63, 3.8) is 0 Å². The summed E-state index contributed by atoms with van der Waals surface area (Å²) in [5.41, 5.74) is 2.12. The molecule has 0 spiro atoms. The number of rotatable bonds is 0. The Bertz CT molecular complexity index is 239. The van der Waals surface area contributed by atoms with E-state index in [1.165, 1.54) is 26.9 Å². The maximum absolute atomic E-state index is 9.59. The number of hydrogen-bond donors (Lipinski definition) is 0. The van der Waals surface area contributed by atoms with Crippen molar-refractivity contribution in [3.8, 4) is 0 Å². The Balaban J connectivity index is 0.000000336. The van der Waals surface area contributed by atoms with Crippen LogP contribution in [-0.2, 0) is 9.53 Å². The van der Waals surface area contributed by atoms with Gasteiger partial charge in [-0.25, -0.2) is 0 Å². The first-order valence-corrected chi connectivity index (χ1v) is 5.51.